The topological polar surface area (TPSA) is 71.4 Å². The van der Waals surface area contributed by atoms with Crippen molar-refractivity contribution in [1.82, 2.24) is 0 Å². The van der Waals surface area contributed by atoms with Gasteiger partial charge >= 0.3 is 5.97 Å². The molecule has 2 aromatic rings. The van der Waals surface area contributed by atoms with Crippen LogP contribution in [0.1, 0.15) is 27.9 Å². The number of hydrogen-bond donors (Lipinski definition) is 1. The molecule has 0 bridgehead atoms. The fourth-order valence-corrected chi connectivity index (χ4v) is 2.70. The first-order valence-corrected chi connectivity index (χ1v) is 7.44. The van der Waals surface area contributed by atoms with E-state index in [9.17, 15) is 14.4 Å². The number of carboxylic acids is 1. The van der Waals surface area contributed by atoms with Crippen LogP contribution in [0.4, 0.5) is 0 Å². The van der Waals surface area contributed by atoms with E-state index in [0.717, 1.165) is 11.1 Å². The Bertz CT molecular complexity index is 764. The van der Waals surface area contributed by atoms with E-state index >= 15 is 0 Å². The Morgan fingerprint density at radius 3 is 2.17 bits per heavy atom. The Labute approximate surface area is 142 Å². The number of ketones is 2. The van der Waals surface area contributed by atoms with E-state index < -0.39 is 24.0 Å². The summed E-state index contributed by atoms with van der Waals surface area (Å²) < 4.78 is 0. The molecule has 1 N–H and O–H groups in total. The van der Waals surface area contributed by atoms with Crippen LogP contribution in [0.25, 0.3) is 0 Å². The minimum absolute atomic E-state index is 0.297. The average molecular weight is 351 g/mol. The number of carbonyl (C=O) groups excluding carboxylic acids is 2. The summed E-state index contributed by atoms with van der Waals surface area (Å²) in [5.41, 5.74) is 2.01. The third-order valence-electron chi connectivity index (χ3n) is 3.14. The minimum atomic E-state index is -1.61. The van der Waals surface area contributed by atoms with Gasteiger partial charge in [0.1, 0.15) is 0 Å². The first-order chi connectivity index (χ1) is 10.8. The quantitative estimate of drug-likeness (QED) is 0.488. The lowest BCUT2D eigenvalue weighted by Crippen LogP contribution is -2.17. The average Bonchev–Trinajstić information content (AvgIpc) is 2.46. The molecule has 118 valence electrons. The number of halogens is 2. The maximum absolute atomic E-state index is 11.9. The normalized spacial score (nSPS) is 10.3. The summed E-state index contributed by atoms with van der Waals surface area (Å²) in [7, 11) is 0. The van der Waals surface area contributed by atoms with E-state index in [2.05, 4.69) is 0 Å². The van der Waals surface area contributed by atoms with Gasteiger partial charge in [-0.3, -0.25) is 9.59 Å². The highest BCUT2D eigenvalue weighted by Crippen LogP contribution is 2.21. The van der Waals surface area contributed by atoms with Crippen molar-refractivity contribution in [3.05, 3.63) is 69.2 Å². The molecule has 0 fully saturated rings. The van der Waals surface area contributed by atoms with E-state index in [0.29, 0.717) is 22.0 Å². The van der Waals surface area contributed by atoms with Gasteiger partial charge in [-0.05, 0) is 41.8 Å². The molecule has 0 saturated heterocycles. The molecular weight excluding hydrogens is 339 g/mol. The van der Waals surface area contributed by atoms with Gasteiger partial charge in [-0.2, -0.15) is 0 Å². The molecule has 4 nitrogen and oxygen atoms in total. The molecule has 2 rings (SSSR count). The van der Waals surface area contributed by atoms with Crippen LogP contribution < -0.4 is 0 Å². The van der Waals surface area contributed by atoms with Gasteiger partial charge in [0.05, 0.1) is 6.42 Å². The van der Waals surface area contributed by atoms with E-state index in [-0.39, 0.29) is 0 Å². The summed E-state index contributed by atoms with van der Waals surface area (Å²) in [6, 6.07) is 11.9. The van der Waals surface area contributed by atoms with Gasteiger partial charge < -0.3 is 5.11 Å². The van der Waals surface area contributed by atoms with Crippen molar-refractivity contribution in [2.45, 2.75) is 12.8 Å². The predicted molar refractivity (Wildman–Crippen MR) is 87.3 cm³/mol. The van der Waals surface area contributed by atoms with Crippen molar-refractivity contribution in [2.24, 2.45) is 0 Å². The van der Waals surface area contributed by atoms with Gasteiger partial charge in [0.25, 0.3) is 0 Å². The first kappa shape index (κ1) is 17.2. The minimum Gasteiger partial charge on any atom is -0.475 e. The molecule has 0 heterocycles. The number of rotatable bonds is 6. The van der Waals surface area contributed by atoms with Crippen molar-refractivity contribution in [2.75, 3.05) is 0 Å². The standard InChI is InChI=1S/C17H12Cl2O4/c18-13-6-11(7-14(19)8-13)4-10-2-1-3-12(5-10)15(20)9-16(21)17(22)23/h1-3,5-8H,4,9H2,(H,22,23). The van der Waals surface area contributed by atoms with Gasteiger partial charge in [0.2, 0.25) is 5.78 Å². The number of hydrogen-bond acceptors (Lipinski definition) is 3. The van der Waals surface area contributed by atoms with Gasteiger partial charge in [-0.1, -0.05) is 41.4 Å². The summed E-state index contributed by atoms with van der Waals surface area (Å²) in [5, 5.41) is 9.59. The van der Waals surface area contributed by atoms with Crippen LogP contribution in [0.2, 0.25) is 10.0 Å². The Hall–Kier alpha value is -2.17. The summed E-state index contributed by atoms with van der Waals surface area (Å²) in [6.07, 6.45) is -0.143. The lowest BCUT2D eigenvalue weighted by atomic mass is 9.99. The van der Waals surface area contributed by atoms with Crippen LogP contribution in [0.3, 0.4) is 0 Å². The Morgan fingerprint density at radius 1 is 0.913 bits per heavy atom. The summed E-state index contributed by atoms with van der Waals surface area (Å²) >= 11 is 11.9. The molecule has 0 amide bonds. The lowest BCUT2D eigenvalue weighted by molar-refractivity contribution is -0.148. The van der Waals surface area contributed by atoms with Crippen LogP contribution >= 0.6 is 23.2 Å². The van der Waals surface area contributed by atoms with Crippen molar-refractivity contribution >= 4 is 40.7 Å². The molecule has 0 aliphatic carbocycles. The highest BCUT2D eigenvalue weighted by atomic mass is 35.5. The number of carboxylic acid groups (broad SMARTS) is 1. The highest BCUT2D eigenvalue weighted by molar-refractivity contribution is 6.37. The summed E-state index contributed by atoms with van der Waals surface area (Å²) in [4.78, 5) is 33.6. The van der Waals surface area contributed by atoms with Crippen LogP contribution in [-0.4, -0.2) is 22.6 Å². The predicted octanol–water partition coefficient (Wildman–Crippen LogP) is 3.81. The maximum atomic E-state index is 11.9. The second-order valence-corrected chi connectivity index (χ2v) is 5.86. The molecule has 0 aliphatic rings. The third-order valence-corrected chi connectivity index (χ3v) is 3.58. The molecule has 0 unspecified atom stereocenters. The van der Waals surface area contributed by atoms with Crippen LogP contribution in [0.15, 0.2) is 42.5 Å². The number of carbonyl (C=O) groups is 3. The lowest BCUT2D eigenvalue weighted by Gasteiger charge is -2.06. The zero-order valence-electron chi connectivity index (χ0n) is 11.9. The molecule has 0 saturated carbocycles. The van der Waals surface area contributed by atoms with Gasteiger partial charge in [0.15, 0.2) is 5.78 Å². The van der Waals surface area contributed by atoms with Crippen LogP contribution in [0.5, 0.6) is 0 Å². The monoisotopic (exact) mass is 350 g/mol. The number of aliphatic carboxylic acids is 1. The van der Waals surface area contributed by atoms with Crippen molar-refractivity contribution in [3.8, 4) is 0 Å². The number of Topliss-reactive ketones (excluding diaryl/α,β-unsaturated/α-hetero) is 2. The molecule has 0 aromatic heterocycles. The summed E-state index contributed by atoms with van der Waals surface area (Å²) in [5.74, 6) is -3.26. The third kappa shape index (κ3) is 4.91. The molecule has 0 spiro atoms. The zero-order valence-corrected chi connectivity index (χ0v) is 13.4. The van der Waals surface area contributed by atoms with Gasteiger partial charge in [-0.15, -0.1) is 0 Å². The molecule has 0 atom stereocenters. The van der Waals surface area contributed by atoms with Crippen LogP contribution in [0, 0.1) is 0 Å². The van der Waals surface area contributed by atoms with Crippen LogP contribution in [-0.2, 0) is 16.0 Å². The second-order valence-electron chi connectivity index (χ2n) is 4.98. The molecule has 6 heteroatoms. The molecule has 0 aliphatic heterocycles. The Kier molecular flexibility index (Phi) is 5.53. The van der Waals surface area contributed by atoms with Crippen molar-refractivity contribution < 1.29 is 19.5 Å². The van der Waals surface area contributed by atoms with E-state index in [1.54, 1.807) is 36.4 Å². The highest BCUT2D eigenvalue weighted by Gasteiger charge is 2.17. The smallest absolute Gasteiger partial charge is 0.372 e. The zero-order chi connectivity index (χ0) is 17.0. The Morgan fingerprint density at radius 2 is 1.57 bits per heavy atom. The van der Waals surface area contributed by atoms with Crippen molar-refractivity contribution in [3.63, 3.8) is 0 Å². The first-order valence-electron chi connectivity index (χ1n) is 6.68. The Balaban J connectivity index is 2.18. The number of benzene rings is 2. The van der Waals surface area contributed by atoms with E-state index in [4.69, 9.17) is 28.3 Å². The molecule has 23 heavy (non-hydrogen) atoms. The van der Waals surface area contributed by atoms with Crippen molar-refractivity contribution in [1.29, 1.82) is 0 Å². The van der Waals surface area contributed by atoms with Gasteiger partial charge in [0, 0.05) is 15.6 Å². The summed E-state index contributed by atoms with van der Waals surface area (Å²) in [6.45, 7) is 0. The maximum Gasteiger partial charge on any atom is 0.372 e. The fraction of sp³-hybridized carbons (Fsp3) is 0.118. The molecule has 0 radical (unpaired) electrons. The molecule has 2 aromatic carbocycles. The largest absolute Gasteiger partial charge is 0.475 e. The molecular formula is C17H12Cl2O4. The fourth-order valence-electron chi connectivity index (χ4n) is 2.13. The van der Waals surface area contributed by atoms with E-state index in [1.165, 1.54) is 0 Å². The second kappa shape index (κ2) is 7.40. The van der Waals surface area contributed by atoms with E-state index in [1.807, 2.05) is 6.07 Å². The van der Waals surface area contributed by atoms with Gasteiger partial charge in [-0.25, -0.2) is 4.79 Å². The SMILES string of the molecule is O=C(O)C(=O)CC(=O)c1cccc(Cc2cc(Cl)cc(Cl)c2)c1.